The van der Waals surface area contributed by atoms with E-state index in [4.69, 9.17) is 16.3 Å². The summed E-state index contributed by atoms with van der Waals surface area (Å²) in [6, 6.07) is 14.4. The lowest BCUT2D eigenvalue weighted by atomic mass is 10.0. The van der Waals surface area contributed by atoms with Gasteiger partial charge in [0.15, 0.2) is 0 Å². The molecule has 0 heterocycles. The van der Waals surface area contributed by atoms with Crippen LogP contribution in [0.15, 0.2) is 48.5 Å². The summed E-state index contributed by atoms with van der Waals surface area (Å²) < 4.78 is 19.2. The van der Waals surface area contributed by atoms with Crippen LogP contribution in [0.2, 0.25) is 0 Å². The second-order valence-electron chi connectivity index (χ2n) is 5.00. The molecule has 0 bridgehead atoms. The van der Waals surface area contributed by atoms with Gasteiger partial charge in [-0.25, -0.2) is 4.39 Å². The molecule has 20 heavy (non-hydrogen) atoms. The Morgan fingerprint density at radius 2 is 1.70 bits per heavy atom. The molecule has 0 N–H and O–H groups in total. The molecule has 0 radical (unpaired) electrons. The highest BCUT2D eigenvalue weighted by Crippen LogP contribution is 2.27. The molecule has 0 spiro atoms. The molecule has 0 saturated heterocycles. The maximum atomic E-state index is 13.6. The van der Waals surface area contributed by atoms with Crippen LogP contribution in [0.25, 0.3) is 0 Å². The fraction of sp³-hybridized carbons (Fsp3) is 0.294. The summed E-state index contributed by atoms with van der Waals surface area (Å²) in [5, 5.41) is -0.250. The predicted octanol–water partition coefficient (Wildman–Crippen LogP) is 5.14. The second kappa shape index (κ2) is 6.76. The SMILES string of the molecule is CC(C)Oc1ccc(C(Cl)Cc2ccccc2F)cc1. The van der Waals surface area contributed by atoms with Crippen molar-refractivity contribution < 1.29 is 9.13 Å². The van der Waals surface area contributed by atoms with E-state index in [1.807, 2.05) is 44.2 Å². The van der Waals surface area contributed by atoms with Crippen molar-refractivity contribution >= 4 is 11.6 Å². The number of alkyl halides is 1. The summed E-state index contributed by atoms with van der Waals surface area (Å²) in [5.41, 5.74) is 1.60. The zero-order chi connectivity index (χ0) is 14.5. The summed E-state index contributed by atoms with van der Waals surface area (Å²) in [7, 11) is 0. The third-order valence-electron chi connectivity index (χ3n) is 2.97. The molecule has 2 aromatic rings. The molecule has 0 fully saturated rings. The lowest BCUT2D eigenvalue weighted by molar-refractivity contribution is 0.242. The maximum Gasteiger partial charge on any atom is 0.126 e. The van der Waals surface area contributed by atoms with Crippen molar-refractivity contribution in [3.8, 4) is 5.75 Å². The van der Waals surface area contributed by atoms with Crippen LogP contribution in [0.4, 0.5) is 4.39 Å². The fourth-order valence-electron chi connectivity index (χ4n) is 2.00. The van der Waals surface area contributed by atoms with Crippen molar-refractivity contribution in [3.63, 3.8) is 0 Å². The molecule has 0 aliphatic rings. The standard InChI is InChI=1S/C17H18ClFO/c1-12(2)20-15-9-7-13(8-10-15)16(18)11-14-5-3-4-6-17(14)19/h3-10,12,16H,11H2,1-2H3. The minimum absolute atomic E-state index is 0.145. The summed E-state index contributed by atoms with van der Waals surface area (Å²) in [4.78, 5) is 0. The van der Waals surface area contributed by atoms with Crippen LogP contribution in [0.1, 0.15) is 30.4 Å². The van der Waals surface area contributed by atoms with Crippen LogP contribution < -0.4 is 4.74 Å². The average Bonchev–Trinajstić information content (AvgIpc) is 2.41. The Morgan fingerprint density at radius 1 is 1.05 bits per heavy atom. The molecule has 2 rings (SSSR count). The molecule has 0 saturated carbocycles. The van der Waals surface area contributed by atoms with E-state index in [1.54, 1.807) is 12.1 Å². The Kier molecular flexibility index (Phi) is 5.02. The first-order valence-electron chi connectivity index (χ1n) is 6.70. The predicted molar refractivity (Wildman–Crippen MR) is 80.9 cm³/mol. The first-order chi connectivity index (χ1) is 9.56. The van der Waals surface area contributed by atoms with Crippen LogP contribution in [-0.2, 0) is 6.42 Å². The molecular weight excluding hydrogens is 275 g/mol. The molecule has 0 aliphatic heterocycles. The molecule has 106 valence electrons. The van der Waals surface area contributed by atoms with Gasteiger partial charge in [0.1, 0.15) is 11.6 Å². The van der Waals surface area contributed by atoms with Crippen LogP contribution in [0, 0.1) is 5.82 Å². The summed E-state index contributed by atoms with van der Waals surface area (Å²) in [5.74, 6) is 0.608. The number of benzene rings is 2. The van der Waals surface area contributed by atoms with Crippen LogP contribution in [0.3, 0.4) is 0 Å². The van der Waals surface area contributed by atoms with Gasteiger partial charge in [-0.15, -0.1) is 11.6 Å². The van der Waals surface area contributed by atoms with Crippen molar-refractivity contribution in [1.29, 1.82) is 0 Å². The quantitative estimate of drug-likeness (QED) is 0.694. The Morgan fingerprint density at radius 3 is 2.30 bits per heavy atom. The van der Waals surface area contributed by atoms with Gasteiger partial charge in [0, 0.05) is 0 Å². The van der Waals surface area contributed by atoms with Gasteiger partial charge in [-0.3, -0.25) is 0 Å². The van der Waals surface area contributed by atoms with Crippen LogP contribution in [-0.4, -0.2) is 6.10 Å². The monoisotopic (exact) mass is 292 g/mol. The van der Waals surface area contributed by atoms with Gasteiger partial charge in [-0.1, -0.05) is 30.3 Å². The highest BCUT2D eigenvalue weighted by atomic mass is 35.5. The normalized spacial score (nSPS) is 12.4. The lowest BCUT2D eigenvalue weighted by Crippen LogP contribution is -2.05. The number of halogens is 2. The van der Waals surface area contributed by atoms with Crippen molar-refractivity contribution in [3.05, 3.63) is 65.5 Å². The van der Waals surface area contributed by atoms with E-state index in [1.165, 1.54) is 6.07 Å². The topological polar surface area (TPSA) is 9.23 Å². The first-order valence-corrected chi connectivity index (χ1v) is 7.14. The smallest absolute Gasteiger partial charge is 0.126 e. The summed E-state index contributed by atoms with van der Waals surface area (Å²) in [6.45, 7) is 3.97. The van der Waals surface area contributed by atoms with E-state index >= 15 is 0 Å². The lowest BCUT2D eigenvalue weighted by Gasteiger charge is -2.13. The molecule has 2 aromatic carbocycles. The van der Waals surface area contributed by atoms with Crippen LogP contribution in [0.5, 0.6) is 5.75 Å². The molecular formula is C17H18ClFO. The van der Waals surface area contributed by atoms with Gasteiger partial charge in [0.05, 0.1) is 11.5 Å². The first kappa shape index (κ1) is 14.9. The summed E-state index contributed by atoms with van der Waals surface area (Å²) in [6.07, 6.45) is 0.615. The highest BCUT2D eigenvalue weighted by Gasteiger charge is 2.12. The van der Waals surface area contributed by atoms with E-state index in [2.05, 4.69) is 0 Å². The Balaban J connectivity index is 2.06. The van der Waals surface area contributed by atoms with Crippen LogP contribution >= 0.6 is 11.6 Å². The zero-order valence-corrected chi connectivity index (χ0v) is 12.4. The number of rotatable bonds is 5. The zero-order valence-electron chi connectivity index (χ0n) is 11.6. The molecule has 3 heteroatoms. The maximum absolute atomic E-state index is 13.6. The van der Waals surface area contributed by atoms with E-state index < -0.39 is 0 Å². The number of hydrogen-bond donors (Lipinski definition) is 0. The molecule has 0 aromatic heterocycles. The van der Waals surface area contributed by atoms with Crippen molar-refractivity contribution in [2.24, 2.45) is 0 Å². The third kappa shape index (κ3) is 3.97. The Bertz CT molecular complexity index is 551. The van der Waals surface area contributed by atoms with Gasteiger partial charge in [0.25, 0.3) is 0 Å². The highest BCUT2D eigenvalue weighted by molar-refractivity contribution is 6.20. The average molecular weight is 293 g/mol. The minimum atomic E-state index is -0.250. The van der Waals surface area contributed by atoms with E-state index in [0.717, 1.165) is 11.3 Å². The van der Waals surface area contributed by atoms with Gasteiger partial charge >= 0.3 is 0 Å². The second-order valence-corrected chi connectivity index (χ2v) is 5.53. The van der Waals surface area contributed by atoms with Gasteiger partial charge in [-0.2, -0.15) is 0 Å². The van der Waals surface area contributed by atoms with Crippen molar-refractivity contribution in [1.82, 2.24) is 0 Å². The number of ether oxygens (including phenoxy) is 1. The largest absolute Gasteiger partial charge is 0.491 e. The molecule has 0 aliphatic carbocycles. The summed E-state index contributed by atoms with van der Waals surface area (Å²) >= 11 is 6.36. The molecule has 0 amide bonds. The van der Waals surface area contributed by atoms with Gasteiger partial charge in [0.2, 0.25) is 0 Å². The van der Waals surface area contributed by atoms with Gasteiger partial charge < -0.3 is 4.74 Å². The Labute approximate surface area is 124 Å². The number of hydrogen-bond acceptors (Lipinski definition) is 1. The van der Waals surface area contributed by atoms with E-state index in [-0.39, 0.29) is 17.3 Å². The molecule has 1 unspecified atom stereocenters. The third-order valence-corrected chi connectivity index (χ3v) is 3.38. The minimum Gasteiger partial charge on any atom is -0.491 e. The fourth-order valence-corrected chi connectivity index (χ4v) is 2.31. The van der Waals surface area contributed by atoms with Crippen molar-refractivity contribution in [2.75, 3.05) is 0 Å². The van der Waals surface area contributed by atoms with E-state index in [9.17, 15) is 4.39 Å². The molecule has 1 nitrogen and oxygen atoms in total. The van der Waals surface area contributed by atoms with Gasteiger partial charge in [-0.05, 0) is 49.6 Å². The molecule has 1 atom stereocenters. The van der Waals surface area contributed by atoms with Crippen molar-refractivity contribution in [2.45, 2.75) is 31.7 Å². The Hall–Kier alpha value is -1.54. The van der Waals surface area contributed by atoms with E-state index in [0.29, 0.717) is 12.0 Å².